The van der Waals surface area contributed by atoms with Gasteiger partial charge < -0.3 is 19.9 Å². The van der Waals surface area contributed by atoms with Gasteiger partial charge >= 0.3 is 0 Å². The van der Waals surface area contributed by atoms with Gasteiger partial charge in [0.25, 0.3) is 5.56 Å². The van der Waals surface area contributed by atoms with Gasteiger partial charge in [-0.15, -0.1) is 0 Å². The largest absolute Gasteiger partial charge is 0.497 e. The van der Waals surface area contributed by atoms with E-state index in [2.05, 4.69) is 39.2 Å². The molecular formula is C26H32N4O2S. The second-order valence-corrected chi connectivity index (χ2v) is 9.07. The summed E-state index contributed by atoms with van der Waals surface area (Å²) in [4.78, 5) is 20.6. The molecule has 2 aromatic carbocycles. The number of aryl methyl sites for hydroxylation is 1. The molecule has 1 fully saturated rings. The van der Waals surface area contributed by atoms with Crippen LogP contribution in [0.4, 0.5) is 5.69 Å². The highest BCUT2D eigenvalue weighted by molar-refractivity contribution is 7.80. The quantitative estimate of drug-likeness (QED) is 0.501. The molecule has 2 N–H and O–H groups in total. The summed E-state index contributed by atoms with van der Waals surface area (Å²) in [6, 6.07) is 16.2. The van der Waals surface area contributed by atoms with Crippen molar-refractivity contribution in [1.82, 2.24) is 14.8 Å². The van der Waals surface area contributed by atoms with Gasteiger partial charge in [0.2, 0.25) is 0 Å². The molecule has 0 amide bonds. The van der Waals surface area contributed by atoms with Crippen molar-refractivity contribution in [1.29, 1.82) is 0 Å². The molecule has 0 saturated carbocycles. The maximum Gasteiger partial charge on any atom is 0.253 e. The molecule has 1 aliphatic rings. The number of H-pyrrole nitrogens is 1. The van der Waals surface area contributed by atoms with Gasteiger partial charge in [0.1, 0.15) is 5.75 Å². The number of hydrogen-bond donors (Lipinski definition) is 2. The van der Waals surface area contributed by atoms with Crippen LogP contribution in [0.2, 0.25) is 0 Å². The fourth-order valence-corrected chi connectivity index (χ4v) is 4.84. The van der Waals surface area contributed by atoms with E-state index in [1.807, 2.05) is 43.3 Å². The highest BCUT2D eigenvalue weighted by Crippen LogP contribution is 2.22. The molecule has 0 radical (unpaired) electrons. The number of likely N-dealkylation sites (N-methyl/N-ethyl adjacent to an activating group) is 1. The average molecular weight is 465 g/mol. The number of methoxy groups -OCH3 is 1. The zero-order valence-corrected chi connectivity index (χ0v) is 20.4. The zero-order chi connectivity index (χ0) is 23.4. The van der Waals surface area contributed by atoms with Gasteiger partial charge in [-0.05, 0) is 80.3 Å². The van der Waals surface area contributed by atoms with Crippen molar-refractivity contribution < 1.29 is 4.74 Å². The third-order valence-corrected chi connectivity index (χ3v) is 6.74. The van der Waals surface area contributed by atoms with Crippen molar-refractivity contribution >= 4 is 33.9 Å². The summed E-state index contributed by atoms with van der Waals surface area (Å²) >= 11 is 5.85. The van der Waals surface area contributed by atoms with E-state index in [1.54, 1.807) is 7.11 Å². The molecule has 0 unspecified atom stereocenters. The highest BCUT2D eigenvalue weighted by atomic mass is 32.1. The number of likely N-dealkylation sites (tertiary alicyclic amines) is 1. The lowest BCUT2D eigenvalue weighted by atomic mass is 10.1. The molecule has 7 heteroatoms. The molecule has 33 heavy (non-hydrogen) atoms. The van der Waals surface area contributed by atoms with E-state index in [0.717, 1.165) is 54.0 Å². The molecule has 3 aromatic rings. The third kappa shape index (κ3) is 5.54. The first-order chi connectivity index (χ1) is 16.0. The number of hydrogen-bond acceptors (Lipinski definition) is 4. The van der Waals surface area contributed by atoms with E-state index >= 15 is 0 Å². The second-order valence-electron chi connectivity index (χ2n) is 8.68. The van der Waals surface area contributed by atoms with E-state index in [1.165, 1.54) is 6.42 Å². The molecule has 2 heterocycles. The van der Waals surface area contributed by atoms with Crippen LogP contribution in [0.5, 0.6) is 5.75 Å². The summed E-state index contributed by atoms with van der Waals surface area (Å²) < 4.78 is 5.34. The lowest BCUT2D eigenvalue weighted by Gasteiger charge is -2.32. The SMILES string of the molecule is CCN1CCC[C@@H]1CN(Cc1cc2ccc(C)cc2[nH]c1=O)C(=S)Nc1cccc(OC)c1. The number of nitrogens with one attached hydrogen (secondary N) is 2. The van der Waals surface area contributed by atoms with Gasteiger partial charge in [0.05, 0.1) is 13.7 Å². The van der Waals surface area contributed by atoms with Gasteiger partial charge in [-0.1, -0.05) is 25.1 Å². The molecule has 174 valence electrons. The summed E-state index contributed by atoms with van der Waals surface area (Å²) in [6.45, 7) is 7.58. The van der Waals surface area contributed by atoms with Crippen LogP contribution in [0.15, 0.2) is 53.3 Å². The predicted molar refractivity (Wildman–Crippen MR) is 139 cm³/mol. The third-order valence-electron chi connectivity index (χ3n) is 6.38. The van der Waals surface area contributed by atoms with Crippen molar-refractivity contribution in [2.24, 2.45) is 0 Å². The van der Waals surface area contributed by atoms with Crippen LogP contribution in [0, 0.1) is 6.92 Å². The Hall–Kier alpha value is -2.90. The van der Waals surface area contributed by atoms with Crippen molar-refractivity contribution in [3.05, 3.63) is 70.0 Å². The van der Waals surface area contributed by atoms with E-state index in [9.17, 15) is 4.79 Å². The molecule has 6 nitrogen and oxygen atoms in total. The van der Waals surface area contributed by atoms with Crippen molar-refractivity contribution in [3.63, 3.8) is 0 Å². The number of aromatic nitrogens is 1. The van der Waals surface area contributed by atoms with Crippen LogP contribution in [-0.2, 0) is 6.54 Å². The Bertz CT molecular complexity index is 1190. The Morgan fingerprint density at radius 3 is 2.91 bits per heavy atom. The number of anilines is 1. The number of benzene rings is 2. The lowest BCUT2D eigenvalue weighted by Crippen LogP contribution is -2.44. The normalized spacial score (nSPS) is 16.2. The predicted octanol–water partition coefficient (Wildman–Crippen LogP) is 4.53. The minimum Gasteiger partial charge on any atom is -0.497 e. The number of fused-ring (bicyclic) bond motifs is 1. The topological polar surface area (TPSA) is 60.6 Å². The lowest BCUT2D eigenvalue weighted by molar-refractivity contribution is 0.221. The van der Waals surface area contributed by atoms with Crippen LogP contribution in [0.3, 0.4) is 0 Å². The van der Waals surface area contributed by atoms with Gasteiger partial charge in [0.15, 0.2) is 5.11 Å². The molecule has 4 rings (SSSR count). The van der Waals surface area contributed by atoms with Crippen molar-refractivity contribution in [2.75, 3.05) is 32.1 Å². The second kappa shape index (κ2) is 10.4. The molecular weight excluding hydrogens is 432 g/mol. The Balaban J connectivity index is 1.61. The number of rotatable bonds is 7. The van der Waals surface area contributed by atoms with Gasteiger partial charge in [-0.25, -0.2) is 0 Å². The maximum atomic E-state index is 12.9. The Morgan fingerprint density at radius 2 is 2.12 bits per heavy atom. The van der Waals surface area contributed by atoms with E-state index in [-0.39, 0.29) is 5.56 Å². The fourth-order valence-electron chi connectivity index (χ4n) is 4.58. The standard InChI is InChI=1S/C26H32N4O2S/c1-4-29-12-6-8-22(29)17-30(26(33)27-21-7-5-9-23(15-21)32-3)16-20-14-19-11-10-18(2)13-24(19)28-25(20)31/h5,7,9-11,13-15,22H,4,6,8,12,16-17H2,1-3H3,(H,27,33)(H,28,31)/t22-/m1/s1. The first-order valence-electron chi connectivity index (χ1n) is 11.5. The summed E-state index contributed by atoms with van der Waals surface area (Å²) in [6.07, 6.45) is 2.33. The number of ether oxygens (including phenoxy) is 1. The Labute approximate surface area is 200 Å². The maximum absolute atomic E-state index is 12.9. The van der Waals surface area contributed by atoms with Crippen LogP contribution in [-0.4, -0.2) is 52.7 Å². The van der Waals surface area contributed by atoms with E-state index in [4.69, 9.17) is 17.0 Å². The van der Waals surface area contributed by atoms with Crippen LogP contribution in [0.25, 0.3) is 10.9 Å². The van der Waals surface area contributed by atoms with Crippen LogP contribution < -0.4 is 15.6 Å². The van der Waals surface area contributed by atoms with Gasteiger partial charge in [-0.2, -0.15) is 0 Å². The first kappa shape index (κ1) is 23.3. The van der Waals surface area contributed by atoms with Crippen molar-refractivity contribution in [3.8, 4) is 5.75 Å². The van der Waals surface area contributed by atoms with Crippen LogP contribution >= 0.6 is 12.2 Å². The smallest absolute Gasteiger partial charge is 0.253 e. The van der Waals surface area contributed by atoms with Crippen molar-refractivity contribution in [2.45, 2.75) is 39.3 Å². The first-order valence-corrected chi connectivity index (χ1v) is 11.9. The summed E-state index contributed by atoms with van der Waals surface area (Å²) in [5.41, 5.74) is 3.49. The zero-order valence-electron chi connectivity index (χ0n) is 19.6. The van der Waals surface area contributed by atoms with Gasteiger partial charge in [0, 0.05) is 35.4 Å². The minimum atomic E-state index is -0.0685. The summed E-state index contributed by atoms with van der Waals surface area (Å²) in [5.74, 6) is 0.767. The molecule has 1 aliphatic heterocycles. The molecule has 0 aliphatic carbocycles. The Morgan fingerprint density at radius 1 is 1.27 bits per heavy atom. The summed E-state index contributed by atoms with van der Waals surface area (Å²) in [7, 11) is 1.65. The number of thiocarbonyl (C=S) groups is 1. The monoisotopic (exact) mass is 464 g/mol. The van der Waals surface area contributed by atoms with E-state index in [0.29, 0.717) is 23.3 Å². The number of aromatic amines is 1. The highest BCUT2D eigenvalue weighted by Gasteiger charge is 2.26. The summed E-state index contributed by atoms with van der Waals surface area (Å²) in [5, 5.41) is 4.99. The average Bonchev–Trinajstić information content (AvgIpc) is 3.26. The number of nitrogens with zero attached hydrogens (tertiary/aromatic N) is 2. The fraction of sp³-hybridized carbons (Fsp3) is 0.385. The Kier molecular flexibility index (Phi) is 7.30. The van der Waals surface area contributed by atoms with Gasteiger partial charge in [-0.3, -0.25) is 9.69 Å². The molecule has 1 saturated heterocycles. The molecule has 1 aromatic heterocycles. The molecule has 0 bridgehead atoms. The van der Waals surface area contributed by atoms with Crippen LogP contribution in [0.1, 0.15) is 30.9 Å². The number of pyridine rings is 1. The van der Waals surface area contributed by atoms with E-state index < -0.39 is 0 Å². The molecule has 1 atom stereocenters. The molecule has 0 spiro atoms. The minimum absolute atomic E-state index is 0.0685.